The highest BCUT2D eigenvalue weighted by atomic mass is 16.5. The van der Waals surface area contributed by atoms with Gasteiger partial charge < -0.3 is 9.84 Å². The molecule has 0 saturated carbocycles. The molecule has 0 atom stereocenters. The SMILES string of the molecule is CCc1cc(NCc2noc(Cc3ccccc3)n2)n2nccc2n1. The van der Waals surface area contributed by atoms with Crippen molar-refractivity contribution in [3.63, 3.8) is 0 Å². The van der Waals surface area contributed by atoms with Crippen molar-refractivity contribution in [3.05, 3.63) is 71.6 Å². The third-order valence-electron chi connectivity index (χ3n) is 3.91. The van der Waals surface area contributed by atoms with E-state index in [1.807, 2.05) is 42.5 Å². The summed E-state index contributed by atoms with van der Waals surface area (Å²) < 4.78 is 7.11. The molecule has 0 aliphatic carbocycles. The Morgan fingerprint density at radius 2 is 2.00 bits per heavy atom. The van der Waals surface area contributed by atoms with Gasteiger partial charge in [-0.2, -0.15) is 14.6 Å². The van der Waals surface area contributed by atoms with Gasteiger partial charge in [0.05, 0.1) is 19.2 Å². The predicted molar refractivity (Wildman–Crippen MR) is 93.2 cm³/mol. The summed E-state index contributed by atoms with van der Waals surface area (Å²) in [4.78, 5) is 8.98. The van der Waals surface area contributed by atoms with E-state index in [0.717, 1.165) is 29.1 Å². The Balaban J connectivity index is 1.48. The minimum absolute atomic E-state index is 0.459. The van der Waals surface area contributed by atoms with Gasteiger partial charge in [0.25, 0.3) is 0 Å². The maximum absolute atomic E-state index is 5.34. The third kappa shape index (κ3) is 3.35. The van der Waals surface area contributed by atoms with Crippen LogP contribution in [-0.2, 0) is 19.4 Å². The molecule has 3 heterocycles. The average molecular weight is 334 g/mol. The van der Waals surface area contributed by atoms with E-state index >= 15 is 0 Å². The van der Waals surface area contributed by atoms with E-state index in [0.29, 0.717) is 24.7 Å². The van der Waals surface area contributed by atoms with Crippen molar-refractivity contribution in [1.29, 1.82) is 0 Å². The zero-order chi connectivity index (χ0) is 17.1. The van der Waals surface area contributed by atoms with Crippen LogP contribution in [0.3, 0.4) is 0 Å². The highest BCUT2D eigenvalue weighted by Crippen LogP contribution is 2.14. The van der Waals surface area contributed by atoms with Crippen LogP contribution >= 0.6 is 0 Å². The van der Waals surface area contributed by atoms with E-state index < -0.39 is 0 Å². The highest BCUT2D eigenvalue weighted by molar-refractivity contribution is 5.49. The van der Waals surface area contributed by atoms with E-state index in [1.54, 1.807) is 10.7 Å². The first-order chi connectivity index (χ1) is 12.3. The molecule has 1 N–H and O–H groups in total. The third-order valence-corrected chi connectivity index (χ3v) is 3.91. The van der Waals surface area contributed by atoms with Gasteiger partial charge in [0, 0.05) is 17.8 Å². The molecule has 7 heteroatoms. The van der Waals surface area contributed by atoms with Crippen LogP contribution in [0.4, 0.5) is 5.82 Å². The first-order valence-corrected chi connectivity index (χ1v) is 8.25. The zero-order valence-electron chi connectivity index (χ0n) is 13.9. The summed E-state index contributed by atoms with van der Waals surface area (Å²) in [6.45, 7) is 2.54. The van der Waals surface area contributed by atoms with Gasteiger partial charge in [-0.05, 0) is 12.0 Å². The van der Waals surface area contributed by atoms with Gasteiger partial charge in [-0.25, -0.2) is 4.98 Å². The summed E-state index contributed by atoms with van der Waals surface area (Å²) >= 11 is 0. The normalized spacial score (nSPS) is 11.1. The van der Waals surface area contributed by atoms with Crippen LogP contribution in [0.5, 0.6) is 0 Å². The van der Waals surface area contributed by atoms with Crippen LogP contribution in [0.25, 0.3) is 5.65 Å². The largest absolute Gasteiger partial charge is 0.362 e. The molecule has 4 aromatic rings. The minimum Gasteiger partial charge on any atom is -0.362 e. The van der Waals surface area contributed by atoms with E-state index in [9.17, 15) is 0 Å². The van der Waals surface area contributed by atoms with E-state index in [2.05, 4.69) is 32.5 Å². The molecule has 0 fully saturated rings. The predicted octanol–water partition coefficient (Wildman–Crippen LogP) is 2.88. The number of benzene rings is 1. The molecule has 1 aromatic carbocycles. The first-order valence-electron chi connectivity index (χ1n) is 8.25. The summed E-state index contributed by atoms with van der Waals surface area (Å²) in [6.07, 6.45) is 3.23. The quantitative estimate of drug-likeness (QED) is 0.584. The molecule has 126 valence electrons. The fourth-order valence-corrected chi connectivity index (χ4v) is 2.65. The van der Waals surface area contributed by atoms with Crippen LogP contribution in [-0.4, -0.2) is 24.7 Å². The lowest BCUT2D eigenvalue weighted by Crippen LogP contribution is -2.08. The Bertz CT molecular complexity index is 976. The van der Waals surface area contributed by atoms with Crippen molar-refractivity contribution in [2.24, 2.45) is 0 Å². The second-order valence-corrected chi connectivity index (χ2v) is 5.71. The van der Waals surface area contributed by atoms with Crippen LogP contribution in [0.2, 0.25) is 0 Å². The summed E-state index contributed by atoms with van der Waals surface area (Å²) in [5.41, 5.74) is 2.97. The number of aryl methyl sites for hydroxylation is 1. The van der Waals surface area contributed by atoms with Crippen LogP contribution in [0.15, 0.2) is 53.2 Å². The van der Waals surface area contributed by atoms with Crippen LogP contribution in [0, 0.1) is 0 Å². The summed E-state index contributed by atoms with van der Waals surface area (Å²) in [5, 5.41) is 11.7. The van der Waals surface area contributed by atoms with E-state index in [4.69, 9.17) is 4.52 Å². The van der Waals surface area contributed by atoms with Gasteiger partial charge in [-0.15, -0.1) is 0 Å². The molecule has 0 saturated heterocycles. The summed E-state index contributed by atoms with van der Waals surface area (Å²) in [6, 6.07) is 13.9. The first kappa shape index (κ1) is 15.3. The number of hydrogen-bond donors (Lipinski definition) is 1. The van der Waals surface area contributed by atoms with Crippen LogP contribution in [0.1, 0.15) is 29.9 Å². The highest BCUT2D eigenvalue weighted by Gasteiger charge is 2.09. The van der Waals surface area contributed by atoms with Gasteiger partial charge in [-0.1, -0.05) is 42.4 Å². The number of hydrogen-bond acceptors (Lipinski definition) is 6. The van der Waals surface area contributed by atoms with Gasteiger partial charge in [0.1, 0.15) is 5.82 Å². The lowest BCUT2D eigenvalue weighted by Gasteiger charge is -2.08. The Hall–Kier alpha value is -3.22. The number of fused-ring (bicyclic) bond motifs is 1. The van der Waals surface area contributed by atoms with Gasteiger partial charge in [0.15, 0.2) is 11.5 Å². The topological polar surface area (TPSA) is 81.1 Å². The smallest absolute Gasteiger partial charge is 0.231 e. The van der Waals surface area contributed by atoms with E-state index in [-0.39, 0.29) is 0 Å². The van der Waals surface area contributed by atoms with Crippen molar-refractivity contribution in [1.82, 2.24) is 24.7 Å². The standard InChI is InChI=1S/C18H18N6O/c1-2-14-11-17(24-16(21-14)8-9-20-24)19-12-15-22-18(25-23-15)10-13-6-4-3-5-7-13/h3-9,11,19H,2,10,12H2,1H3. The number of anilines is 1. The molecule has 7 nitrogen and oxygen atoms in total. The zero-order valence-corrected chi connectivity index (χ0v) is 13.9. The number of rotatable bonds is 6. The van der Waals surface area contributed by atoms with Gasteiger partial charge in [0.2, 0.25) is 5.89 Å². The molecule has 4 rings (SSSR count). The Morgan fingerprint density at radius 1 is 1.12 bits per heavy atom. The molecule has 0 aliphatic heterocycles. The molecule has 0 bridgehead atoms. The molecular formula is C18H18N6O. The molecule has 0 unspecified atom stereocenters. The van der Waals surface area contributed by atoms with Crippen molar-refractivity contribution in [3.8, 4) is 0 Å². The Labute approximate surface area is 144 Å². The lowest BCUT2D eigenvalue weighted by atomic mass is 10.1. The summed E-state index contributed by atoms with van der Waals surface area (Å²) in [7, 11) is 0. The molecule has 0 spiro atoms. The number of nitrogens with one attached hydrogen (secondary N) is 1. The molecule has 3 aromatic heterocycles. The molecule has 25 heavy (non-hydrogen) atoms. The Morgan fingerprint density at radius 3 is 2.84 bits per heavy atom. The second kappa shape index (κ2) is 6.72. The van der Waals surface area contributed by atoms with Crippen molar-refractivity contribution in [2.45, 2.75) is 26.3 Å². The second-order valence-electron chi connectivity index (χ2n) is 5.71. The van der Waals surface area contributed by atoms with Crippen molar-refractivity contribution in [2.75, 3.05) is 5.32 Å². The summed E-state index contributed by atoms with van der Waals surface area (Å²) in [5.74, 6) is 2.08. The molecule has 0 amide bonds. The molecule has 0 radical (unpaired) electrons. The maximum Gasteiger partial charge on any atom is 0.231 e. The van der Waals surface area contributed by atoms with Crippen LogP contribution < -0.4 is 5.32 Å². The Kier molecular flexibility index (Phi) is 4.12. The fraction of sp³-hybridized carbons (Fsp3) is 0.222. The maximum atomic E-state index is 5.34. The lowest BCUT2D eigenvalue weighted by molar-refractivity contribution is 0.380. The van der Waals surface area contributed by atoms with Crippen molar-refractivity contribution >= 4 is 11.5 Å². The average Bonchev–Trinajstić information content (AvgIpc) is 3.29. The molecular weight excluding hydrogens is 316 g/mol. The fourth-order valence-electron chi connectivity index (χ4n) is 2.65. The van der Waals surface area contributed by atoms with Gasteiger partial charge in [-0.3, -0.25) is 0 Å². The van der Waals surface area contributed by atoms with Crippen molar-refractivity contribution < 1.29 is 4.52 Å². The van der Waals surface area contributed by atoms with Gasteiger partial charge >= 0.3 is 0 Å². The number of nitrogens with zero attached hydrogens (tertiary/aromatic N) is 5. The molecule has 0 aliphatic rings. The van der Waals surface area contributed by atoms with E-state index in [1.165, 1.54) is 0 Å². The monoisotopic (exact) mass is 334 g/mol. The minimum atomic E-state index is 0.459. The number of aromatic nitrogens is 5.